The van der Waals surface area contributed by atoms with Gasteiger partial charge in [0.1, 0.15) is 16.8 Å². The number of carbonyl (C=O) groups excluding carboxylic acids is 1. The van der Waals surface area contributed by atoms with E-state index in [9.17, 15) is 9.18 Å². The average molecular weight is 428 g/mol. The number of anilines is 1. The van der Waals surface area contributed by atoms with E-state index in [1.807, 2.05) is 28.9 Å². The second-order valence-corrected chi connectivity index (χ2v) is 8.01. The van der Waals surface area contributed by atoms with E-state index in [1.165, 1.54) is 23.9 Å². The van der Waals surface area contributed by atoms with Gasteiger partial charge in [0, 0.05) is 12.1 Å². The molecule has 2 aromatic carbocycles. The van der Waals surface area contributed by atoms with Gasteiger partial charge >= 0.3 is 0 Å². The third kappa shape index (κ3) is 4.11. The van der Waals surface area contributed by atoms with Crippen molar-refractivity contribution >= 4 is 23.4 Å². The number of aromatic nitrogens is 3. The summed E-state index contributed by atoms with van der Waals surface area (Å²) in [5.41, 5.74) is 4.89. The number of carbonyl (C=O) groups is 1. The van der Waals surface area contributed by atoms with Crippen molar-refractivity contribution in [1.29, 1.82) is 0 Å². The van der Waals surface area contributed by atoms with Gasteiger partial charge in [0.05, 0.1) is 13.2 Å². The lowest BCUT2D eigenvalue weighted by atomic mass is 10.0. The zero-order valence-electron chi connectivity index (χ0n) is 16.6. The minimum absolute atomic E-state index is 0.203. The van der Waals surface area contributed by atoms with Crippen LogP contribution in [0.3, 0.4) is 0 Å². The minimum atomic E-state index is -0.505. The van der Waals surface area contributed by atoms with Crippen molar-refractivity contribution in [2.75, 3.05) is 17.9 Å². The number of aryl methyl sites for hydroxylation is 1. The van der Waals surface area contributed by atoms with Gasteiger partial charge in [-0.15, -0.1) is 10.2 Å². The lowest BCUT2D eigenvalue weighted by Gasteiger charge is -2.33. The number of amides is 1. The lowest BCUT2D eigenvalue weighted by Crippen LogP contribution is -2.41. The monoisotopic (exact) mass is 427 g/mol. The molecule has 2 N–H and O–H groups in total. The molecular weight excluding hydrogens is 405 g/mol. The topological polar surface area (TPSA) is 81.1 Å². The normalized spacial score (nSPS) is 17.7. The van der Waals surface area contributed by atoms with Crippen LogP contribution in [0.5, 0.6) is 5.75 Å². The molecule has 0 saturated carbocycles. The molecule has 156 valence electrons. The number of benzene rings is 2. The van der Waals surface area contributed by atoms with Gasteiger partial charge in [0.2, 0.25) is 11.1 Å². The number of hydrogen-bond donors (Lipinski definition) is 2. The molecule has 0 saturated heterocycles. The lowest BCUT2D eigenvalue weighted by molar-refractivity contribution is -0.116. The molecule has 3 aromatic rings. The van der Waals surface area contributed by atoms with Crippen molar-refractivity contribution in [2.45, 2.75) is 36.2 Å². The number of hydrogen-bond acceptors (Lipinski definition) is 6. The van der Waals surface area contributed by atoms with Crippen LogP contribution >= 0.6 is 11.8 Å². The average Bonchev–Trinajstić information content (AvgIpc) is 3.16. The summed E-state index contributed by atoms with van der Waals surface area (Å²) in [5.74, 6) is 1.02. The van der Waals surface area contributed by atoms with Gasteiger partial charge in [-0.1, -0.05) is 30.8 Å². The second-order valence-electron chi connectivity index (χ2n) is 6.90. The third-order valence-electron chi connectivity index (χ3n) is 4.82. The fraction of sp³-hybridized carbons (Fsp3) is 0.286. The van der Waals surface area contributed by atoms with Gasteiger partial charge in [0.15, 0.2) is 5.82 Å². The molecule has 7 nitrogen and oxygen atoms in total. The summed E-state index contributed by atoms with van der Waals surface area (Å²) in [6, 6.07) is 13.0. The van der Waals surface area contributed by atoms with Crippen LogP contribution in [0.4, 0.5) is 10.1 Å². The van der Waals surface area contributed by atoms with Crippen LogP contribution in [0.1, 0.15) is 30.8 Å². The van der Waals surface area contributed by atoms with Gasteiger partial charge in [-0.25, -0.2) is 9.07 Å². The fourth-order valence-electron chi connectivity index (χ4n) is 3.29. The van der Waals surface area contributed by atoms with E-state index in [0.29, 0.717) is 10.8 Å². The van der Waals surface area contributed by atoms with Crippen molar-refractivity contribution < 1.29 is 13.9 Å². The summed E-state index contributed by atoms with van der Waals surface area (Å²) >= 11 is 1.36. The Morgan fingerprint density at radius 2 is 1.93 bits per heavy atom. The first-order valence-corrected chi connectivity index (χ1v) is 10.5. The zero-order chi connectivity index (χ0) is 21.1. The van der Waals surface area contributed by atoms with E-state index in [0.717, 1.165) is 30.0 Å². The molecule has 9 heteroatoms. The molecule has 1 aromatic heterocycles. The Morgan fingerprint density at radius 1 is 1.20 bits per heavy atom. The van der Waals surface area contributed by atoms with Gasteiger partial charge in [-0.2, -0.15) is 0 Å². The fourth-order valence-corrected chi connectivity index (χ4v) is 4.39. The molecule has 0 spiro atoms. The quantitative estimate of drug-likeness (QED) is 0.623. The summed E-state index contributed by atoms with van der Waals surface area (Å²) < 4.78 is 20.3. The van der Waals surface area contributed by atoms with E-state index < -0.39 is 5.25 Å². The number of nitrogens with one attached hydrogen (secondary N) is 2. The maximum Gasteiger partial charge on any atom is 0.240 e. The van der Waals surface area contributed by atoms with Crippen LogP contribution in [0.25, 0.3) is 0 Å². The highest BCUT2D eigenvalue weighted by Crippen LogP contribution is 2.38. The van der Waals surface area contributed by atoms with Crippen LogP contribution in [-0.2, 0) is 11.2 Å². The zero-order valence-corrected chi connectivity index (χ0v) is 17.4. The Hall–Kier alpha value is -3.07. The summed E-state index contributed by atoms with van der Waals surface area (Å²) in [7, 11) is 1.61. The molecule has 0 bridgehead atoms. The molecule has 0 radical (unpaired) electrons. The Bertz CT molecular complexity index is 1020. The number of fused-ring (bicyclic) bond motifs is 1. The Morgan fingerprint density at radius 3 is 2.60 bits per heavy atom. The molecule has 1 amide bonds. The van der Waals surface area contributed by atoms with Gasteiger partial charge in [-0.05, 0) is 48.4 Å². The molecule has 2 heterocycles. The van der Waals surface area contributed by atoms with Crippen LogP contribution in [-0.4, -0.2) is 33.1 Å². The van der Waals surface area contributed by atoms with Crippen LogP contribution < -0.4 is 15.5 Å². The van der Waals surface area contributed by atoms with Gasteiger partial charge in [0.25, 0.3) is 0 Å². The van der Waals surface area contributed by atoms with Crippen molar-refractivity contribution in [3.8, 4) is 5.75 Å². The number of thioether (sulfide) groups is 1. The second kappa shape index (κ2) is 8.74. The molecule has 0 fully saturated rings. The first kappa shape index (κ1) is 20.2. The smallest absolute Gasteiger partial charge is 0.240 e. The van der Waals surface area contributed by atoms with E-state index in [1.54, 1.807) is 19.2 Å². The molecule has 0 unspecified atom stereocenters. The van der Waals surface area contributed by atoms with E-state index in [2.05, 4.69) is 27.9 Å². The van der Waals surface area contributed by atoms with Crippen molar-refractivity contribution in [3.63, 3.8) is 0 Å². The maximum absolute atomic E-state index is 13.2. The molecule has 1 aliphatic heterocycles. The summed E-state index contributed by atoms with van der Waals surface area (Å²) in [4.78, 5) is 13.2. The Kier molecular flexibility index (Phi) is 5.89. The SMILES string of the molecule is CCCc1nnc2n1N[C@H](c1ccc(OC)cc1)[C@H](C(=O)Nc1ccc(F)cc1)S2. The number of halogens is 1. The van der Waals surface area contributed by atoms with Crippen molar-refractivity contribution in [3.05, 3.63) is 65.7 Å². The molecular formula is C21H22FN5O2S. The minimum Gasteiger partial charge on any atom is -0.497 e. The molecule has 0 aliphatic carbocycles. The van der Waals surface area contributed by atoms with Crippen molar-refractivity contribution in [1.82, 2.24) is 14.9 Å². The maximum atomic E-state index is 13.2. The van der Waals surface area contributed by atoms with Crippen LogP contribution in [0, 0.1) is 5.82 Å². The Labute approximate surface area is 178 Å². The highest BCUT2D eigenvalue weighted by atomic mass is 32.2. The van der Waals surface area contributed by atoms with Crippen LogP contribution in [0.2, 0.25) is 0 Å². The number of rotatable bonds is 6. The number of ether oxygens (including phenoxy) is 1. The molecule has 4 rings (SSSR count). The third-order valence-corrected chi connectivity index (χ3v) is 6.04. The first-order chi connectivity index (χ1) is 14.6. The van der Waals surface area contributed by atoms with E-state index in [4.69, 9.17) is 4.74 Å². The summed E-state index contributed by atoms with van der Waals surface area (Å²) in [5, 5.41) is 11.5. The predicted octanol–water partition coefficient (Wildman–Crippen LogP) is 3.78. The Balaban J connectivity index is 1.65. The van der Waals surface area contributed by atoms with Crippen LogP contribution in [0.15, 0.2) is 53.7 Å². The highest BCUT2D eigenvalue weighted by molar-refractivity contribution is 8.00. The summed E-state index contributed by atoms with van der Waals surface area (Å²) in [6.07, 6.45) is 1.72. The molecule has 1 aliphatic rings. The van der Waals surface area contributed by atoms with Crippen molar-refractivity contribution in [2.24, 2.45) is 0 Å². The highest BCUT2D eigenvalue weighted by Gasteiger charge is 2.37. The van der Waals surface area contributed by atoms with E-state index >= 15 is 0 Å². The summed E-state index contributed by atoms with van der Waals surface area (Å²) in [6.45, 7) is 2.08. The number of nitrogens with zero attached hydrogens (tertiary/aromatic N) is 3. The van der Waals surface area contributed by atoms with Gasteiger partial charge < -0.3 is 15.5 Å². The standard InChI is InChI=1S/C21H22FN5O2S/c1-3-4-17-24-25-21-27(17)26-18(13-5-11-16(29-2)12-6-13)19(30-21)20(28)23-15-9-7-14(22)8-10-15/h5-12,18-19,26H,3-4H2,1-2H3,(H,23,28)/t18-,19-/m1/s1. The number of methoxy groups -OCH3 is 1. The first-order valence-electron chi connectivity index (χ1n) is 9.67. The largest absolute Gasteiger partial charge is 0.497 e. The van der Waals surface area contributed by atoms with E-state index in [-0.39, 0.29) is 17.8 Å². The molecule has 30 heavy (non-hydrogen) atoms. The van der Waals surface area contributed by atoms with Gasteiger partial charge in [-0.3, -0.25) is 4.79 Å². The molecule has 2 atom stereocenters. The predicted molar refractivity (Wildman–Crippen MR) is 114 cm³/mol.